The van der Waals surface area contributed by atoms with Gasteiger partial charge in [-0.2, -0.15) is 18.3 Å². The normalized spacial score (nSPS) is 20.2. The standard InChI is InChI=1S/C22H30F3N3O4S/c1-20(2,31)17(30)12-28-11-14(9-26-28)10-27-6-4-21(5-7-27)18-15(3-8-32-21)16(13-29)19(33-18)22(23,24)25/h9,11,17,29-31H,3-8,10,12-13H2,1-2H3. The van der Waals surface area contributed by atoms with Gasteiger partial charge >= 0.3 is 6.18 Å². The van der Waals surface area contributed by atoms with Crippen molar-refractivity contribution in [2.45, 2.75) is 76.3 Å². The third-order valence-electron chi connectivity index (χ3n) is 6.61. The van der Waals surface area contributed by atoms with Gasteiger partial charge in [0.2, 0.25) is 0 Å². The Morgan fingerprint density at radius 1 is 1.27 bits per heavy atom. The molecule has 1 fully saturated rings. The summed E-state index contributed by atoms with van der Waals surface area (Å²) in [6.45, 7) is 4.94. The molecule has 1 unspecified atom stereocenters. The third-order valence-corrected chi connectivity index (χ3v) is 8.11. The summed E-state index contributed by atoms with van der Waals surface area (Å²) in [5, 5.41) is 33.9. The van der Waals surface area contributed by atoms with E-state index in [1.54, 1.807) is 24.7 Å². The van der Waals surface area contributed by atoms with Crippen LogP contribution in [0.3, 0.4) is 0 Å². The van der Waals surface area contributed by atoms with Gasteiger partial charge in [0.15, 0.2) is 0 Å². The molecule has 0 bridgehead atoms. The zero-order valence-electron chi connectivity index (χ0n) is 18.7. The lowest BCUT2D eigenvalue weighted by Crippen LogP contribution is -2.45. The van der Waals surface area contributed by atoms with Gasteiger partial charge in [-0.3, -0.25) is 9.58 Å². The number of likely N-dealkylation sites (tertiary alicyclic amines) is 1. The Labute approximate surface area is 194 Å². The highest BCUT2D eigenvalue weighted by Crippen LogP contribution is 2.50. The second kappa shape index (κ2) is 8.94. The van der Waals surface area contributed by atoms with Crippen LogP contribution in [0.4, 0.5) is 13.2 Å². The summed E-state index contributed by atoms with van der Waals surface area (Å²) >= 11 is 0.729. The number of nitrogens with zero attached hydrogens (tertiary/aromatic N) is 3. The lowest BCUT2D eigenvalue weighted by Gasteiger charge is -2.43. The molecule has 1 spiro atoms. The molecule has 0 aliphatic carbocycles. The lowest BCUT2D eigenvalue weighted by atomic mass is 9.84. The molecule has 2 aliphatic heterocycles. The monoisotopic (exact) mass is 489 g/mol. The van der Waals surface area contributed by atoms with Crippen LogP contribution in [0.2, 0.25) is 0 Å². The molecule has 1 atom stereocenters. The molecule has 2 aliphatic rings. The largest absolute Gasteiger partial charge is 0.425 e. The molecular formula is C22H30F3N3O4S. The van der Waals surface area contributed by atoms with Crippen molar-refractivity contribution in [1.82, 2.24) is 14.7 Å². The Morgan fingerprint density at radius 3 is 2.58 bits per heavy atom. The summed E-state index contributed by atoms with van der Waals surface area (Å²) < 4.78 is 48.3. The predicted molar refractivity (Wildman–Crippen MR) is 116 cm³/mol. The van der Waals surface area contributed by atoms with Crippen molar-refractivity contribution >= 4 is 11.3 Å². The van der Waals surface area contributed by atoms with Gasteiger partial charge in [-0.05, 0) is 38.7 Å². The van der Waals surface area contributed by atoms with Gasteiger partial charge in [0, 0.05) is 41.8 Å². The van der Waals surface area contributed by atoms with Crippen molar-refractivity contribution in [1.29, 1.82) is 0 Å². The first kappa shape index (κ1) is 24.6. The number of halogens is 3. The molecule has 0 amide bonds. The van der Waals surface area contributed by atoms with Crippen LogP contribution in [0.5, 0.6) is 0 Å². The highest BCUT2D eigenvalue weighted by Gasteiger charge is 2.47. The van der Waals surface area contributed by atoms with Crippen molar-refractivity contribution in [2.24, 2.45) is 0 Å². The van der Waals surface area contributed by atoms with Crippen LogP contribution >= 0.6 is 11.3 Å². The number of aliphatic hydroxyl groups is 3. The van der Waals surface area contributed by atoms with Gasteiger partial charge in [-0.15, -0.1) is 11.3 Å². The van der Waals surface area contributed by atoms with Crippen molar-refractivity contribution in [3.8, 4) is 0 Å². The number of fused-ring (bicyclic) bond motifs is 2. The summed E-state index contributed by atoms with van der Waals surface area (Å²) in [5.41, 5.74) is -0.384. The number of alkyl halides is 3. The minimum Gasteiger partial charge on any atom is -0.392 e. The molecule has 1 saturated heterocycles. The molecular weight excluding hydrogens is 459 g/mol. The lowest BCUT2D eigenvalue weighted by molar-refractivity contribution is -0.135. The Bertz CT molecular complexity index is 975. The van der Waals surface area contributed by atoms with E-state index in [0.29, 0.717) is 55.9 Å². The average Bonchev–Trinajstić information content (AvgIpc) is 3.34. The fourth-order valence-electron chi connectivity index (χ4n) is 4.63. The second-order valence-electron chi connectivity index (χ2n) is 9.48. The number of ether oxygens (including phenoxy) is 1. The van der Waals surface area contributed by atoms with Gasteiger partial charge in [-0.1, -0.05) is 0 Å². The van der Waals surface area contributed by atoms with E-state index in [4.69, 9.17) is 4.74 Å². The fourth-order valence-corrected chi connectivity index (χ4v) is 6.06. The Kier molecular flexibility index (Phi) is 6.67. The molecule has 2 aromatic heterocycles. The topological polar surface area (TPSA) is 91.0 Å². The van der Waals surface area contributed by atoms with Crippen LogP contribution in [0.25, 0.3) is 0 Å². The van der Waals surface area contributed by atoms with Gasteiger partial charge in [0.05, 0.1) is 31.6 Å². The van der Waals surface area contributed by atoms with Crippen molar-refractivity contribution in [2.75, 3.05) is 19.7 Å². The Morgan fingerprint density at radius 2 is 1.97 bits per heavy atom. The Balaban J connectivity index is 1.44. The van der Waals surface area contributed by atoms with E-state index in [2.05, 4.69) is 10.00 Å². The van der Waals surface area contributed by atoms with E-state index < -0.39 is 35.0 Å². The number of aliphatic hydroxyl groups excluding tert-OH is 2. The number of hydrogen-bond acceptors (Lipinski definition) is 7. The second-order valence-corrected chi connectivity index (χ2v) is 10.5. The summed E-state index contributed by atoms with van der Waals surface area (Å²) in [4.78, 5) is 2.13. The number of thiophene rings is 1. The zero-order valence-corrected chi connectivity index (χ0v) is 19.5. The van der Waals surface area contributed by atoms with Crippen LogP contribution in [-0.2, 0) is 42.6 Å². The van der Waals surface area contributed by atoms with E-state index in [9.17, 15) is 28.5 Å². The number of hydrogen-bond donors (Lipinski definition) is 3. The van der Waals surface area contributed by atoms with Crippen LogP contribution < -0.4 is 0 Å². The van der Waals surface area contributed by atoms with E-state index >= 15 is 0 Å². The summed E-state index contributed by atoms with van der Waals surface area (Å²) in [7, 11) is 0. The van der Waals surface area contributed by atoms with E-state index in [1.807, 2.05) is 6.20 Å². The molecule has 2 aromatic rings. The molecule has 0 saturated carbocycles. The number of piperidine rings is 1. The van der Waals surface area contributed by atoms with E-state index in [0.717, 1.165) is 16.9 Å². The highest BCUT2D eigenvalue weighted by molar-refractivity contribution is 7.12. The molecule has 0 radical (unpaired) electrons. The first-order chi connectivity index (χ1) is 15.4. The molecule has 11 heteroatoms. The van der Waals surface area contributed by atoms with Crippen LogP contribution in [0.1, 0.15) is 53.1 Å². The van der Waals surface area contributed by atoms with Crippen molar-refractivity contribution in [3.05, 3.63) is 38.8 Å². The highest BCUT2D eigenvalue weighted by atomic mass is 32.1. The minimum absolute atomic E-state index is 0.00765. The molecule has 4 rings (SSSR count). The smallest absolute Gasteiger partial charge is 0.392 e. The minimum atomic E-state index is -4.49. The number of aromatic nitrogens is 2. The quantitative estimate of drug-likeness (QED) is 0.578. The van der Waals surface area contributed by atoms with Gasteiger partial charge in [0.1, 0.15) is 16.6 Å². The first-order valence-electron chi connectivity index (χ1n) is 11.0. The average molecular weight is 490 g/mol. The molecule has 7 nitrogen and oxygen atoms in total. The van der Waals surface area contributed by atoms with Gasteiger partial charge < -0.3 is 20.1 Å². The maximum absolute atomic E-state index is 13.5. The fraction of sp³-hybridized carbons (Fsp3) is 0.682. The van der Waals surface area contributed by atoms with E-state index in [-0.39, 0.29) is 12.1 Å². The van der Waals surface area contributed by atoms with E-state index in [1.165, 1.54) is 0 Å². The van der Waals surface area contributed by atoms with Crippen molar-refractivity contribution < 1.29 is 33.2 Å². The number of rotatable bonds is 6. The first-order valence-corrected chi connectivity index (χ1v) is 11.9. The molecule has 184 valence electrons. The summed E-state index contributed by atoms with van der Waals surface area (Å²) in [5.74, 6) is 0. The SMILES string of the molecule is CC(C)(O)C(O)Cn1cc(CN2CCC3(CC2)OCCc2c3sc(C(F)(F)F)c2CO)cn1. The van der Waals surface area contributed by atoms with Crippen LogP contribution in [0.15, 0.2) is 12.4 Å². The zero-order chi connectivity index (χ0) is 24.0. The maximum atomic E-state index is 13.5. The molecule has 33 heavy (non-hydrogen) atoms. The maximum Gasteiger partial charge on any atom is 0.425 e. The Hall–Kier alpha value is -1.50. The summed E-state index contributed by atoms with van der Waals surface area (Å²) in [6.07, 6.45) is -0.341. The molecule has 4 heterocycles. The van der Waals surface area contributed by atoms with Gasteiger partial charge in [-0.25, -0.2) is 0 Å². The molecule has 0 aromatic carbocycles. The van der Waals surface area contributed by atoms with Gasteiger partial charge in [0.25, 0.3) is 0 Å². The van der Waals surface area contributed by atoms with Crippen molar-refractivity contribution in [3.63, 3.8) is 0 Å². The van der Waals surface area contributed by atoms with Crippen LogP contribution in [0, 0.1) is 0 Å². The third kappa shape index (κ3) is 4.98. The summed E-state index contributed by atoms with van der Waals surface area (Å²) in [6, 6.07) is 0. The predicted octanol–water partition coefficient (Wildman–Crippen LogP) is 2.65. The molecule has 3 N–H and O–H groups in total. The van der Waals surface area contributed by atoms with Crippen LogP contribution in [-0.4, -0.2) is 61.4 Å².